The molecular formula is C28H58FO2PS. The Bertz CT molecular complexity index is 389. The van der Waals surface area contributed by atoms with E-state index in [1.165, 1.54) is 128 Å². The minimum atomic E-state index is -3.52. The molecule has 0 rings (SSSR count). The molecule has 0 unspecified atom stereocenters. The van der Waals surface area contributed by atoms with Crippen molar-refractivity contribution in [2.45, 2.75) is 168 Å². The molecule has 0 amide bonds. The summed E-state index contributed by atoms with van der Waals surface area (Å²) in [4.78, 5) is 0. The van der Waals surface area contributed by atoms with Gasteiger partial charge in [-0.3, -0.25) is 0 Å². The molecule has 0 saturated heterocycles. The summed E-state index contributed by atoms with van der Waals surface area (Å²) < 4.78 is 24.8. The molecule has 0 bridgehead atoms. The fourth-order valence-electron chi connectivity index (χ4n) is 4.27. The minimum Gasteiger partial charge on any atom is -0.306 e. The summed E-state index contributed by atoms with van der Waals surface area (Å²) in [5, 5.41) is 0. The zero-order valence-corrected chi connectivity index (χ0v) is 24.1. The summed E-state index contributed by atoms with van der Waals surface area (Å²) in [6.07, 6.45) is 31.0. The summed E-state index contributed by atoms with van der Waals surface area (Å²) in [6.45, 7) is 1.82. The molecule has 0 atom stereocenters. The number of hydrogen-bond acceptors (Lipinski definition) is 3. The van der Waals surface area contributed by atoms with Gasteiger partial charge in [0.05, 0.1) is 13.2 Å². The van der Waals surface area contributed by atoms with Crippen LogP contribution in [0.3, 0.4) is 0 Å². The molecule has 2 nitrogen and oxygen atoms in total. The van der Waals surface area contributed by atoms with Gasteiger partial charge in [-0.25, -0.2) is 0 Å². The SMILES string of the molecule is CCCCCCCCCCCCCCOP(F)(=S)OCCCCCCCCCCCCCC. The third-order valence-electron chi connectivity index (χ3n) is 6.49. The predicted molar refractivity (Wildman–Crippen MR) is 149 cm³/mol. The van der Waals surface area contributed by atoms with Crippen LogP contribution in [0.4, 0.5) is 4.20 Å². The van der Waals surface area contributed by atoms with Crippen molar-refractivity contribution in [3.63, 3.8) is 0 Å². The van der Waals surface area contributed by atoms with Gasteiger partial charge in [-0.1, -0.05) is 155 Å². The molecule has 0 aliphatic heterocycles. The van der Waals surface area contributed by atoms with Crippen LogP contribution in [0.15, 0.2) is 0 Å². The normalized spacial score (nSPS) is 12.0. The van der Waals surface area contributed by atoms with Crippen molar-refractivity contribution in [1.29, 1.82) is 0 Å². The largest absolute Gasteiger partial charge is 0.365 e. The van der Waals surface area contributed by atoms with Crippen LogP contribution >= 0.6 is 6.80 Å². The van der Waals surface area contributed by atoms with Gasteiger partial charge in [0.15, 0.2) is 0 Å². The highest BCUT2D eigenvalue weighted by Crippen LogP contribution is 2.50. The van der Waals surface area contributed by atoms with Crippen LogP contribution in [0.5, 0.6) is 0 Å². The van der Waals surface area contributed by atoms with Gasteiger partial charge in [0.25, 0.3) is 0 Å². The first-order chi connectivity index (χ1) is 16.1. The maximum absolute atomic E-state index is 14.2. The third kappa shape index (κ3) is 28.6. The van der Waals surface area contributed by atoms with Crippen molar-refractivity contribution in [3.05, 3.63) is 0 Å². The average molecular weight is 509 g/mol. The van der Waals surface area contributed by atoms with Gasteiger partial charge >= 0.3 is 6.80 Å². The highest BCUT2D eigenvalue weighted by Gasteiger charge is 2.16. The Kier molecular flexibility index (Phi) is 27.5. The standard InChI is InChI=1S/C28H58FO2PS/c1-3-5-7-9-11-13-15-17-19-21-23-25-27-30-32(29,33)31-28-26-24-22-20-18-16-14-12-10-8-6-4-2/h3-28H2,1-2H3. The first-order valence-electron chi connectivity index (χ1n) is 14.7. The Hall–Kier alpha value is 0.500. The van der Waals surface area contributed by atoms with Crippen LogP contribution in [0.1, 0.15) is 168 Å². The van der Waals surface area contributed by atoms with Crippen molar-refractivity contribution in [3.8, 4) is 0 Å². The second kappa shape index (κ2) is 27.1. The van der Waals surface area contributed by atoms with Crippen LogP contribution < -0.4 is 0 Å². The first kappa shape index (κ1) is 33.5. The fourth-order valence-corrected chi connectivity index (χ4v) is 5.49. The molecule has 0 aliphatic rings. The van der Waals surface area contributed by atoms with E-state index in [9.17, 15) is 4.20 Å². The highest BCUT2D eigenvalue weighted by molar-refractivity contribution is 8.07. The zero-order valence-electron chi connectivity index (χ0n) is 22.4. The van der Waals surface area contributed by atoms with Crippen LogP contribution in [0, 0.1) is 0 Å². The van der Waals surface area contributed by atoms with Gasteiger partial charge in [0.1, 0.15) is 0 Å². The van der Waals surface area contributed by atoms with E-state index in [0.29, 0.717) is 13.2 Å². The molecule has 0 saturated carbocycles. The first-order valence-corrected chi connectivity index (χ1v) is 17.2. The van der Waals surface area contributed by atoms with Crippen molar-refractivity contribution >= 4 is 18.6 Å². The summed E-state index contributed by atoms with van der Waals surface area (Å²) in [5.74, 6) is 0. The zero-order chi connectivity index (χ0) is 24.3. The van der Waals surface area contributed by atoms with E-state index in [0.717, 1.165) is 25.7 Å². The molecule has 33 heavy (non-hydrogen) atoms. The predicted octanol–water partition coefficient (Wildman–Crippen LogP) is 11.6. The van der Waals surface area contributed by atoms with E-state index in [-0.39, 0.29) is 0 Å². The van der Waals surface area contributed by atoms with Gasteiger partial charge in [-0.2, -0.15) is 4.20 Å². The molecule has 0 heterocycles. The Morgan fingerprint density at radius 2 is 0.636 bits per heavy atom. The average Bonchev–Trinajstić information content (AvgIpc) is 2.80. The summed E-state index contributed by atoms with van der Waals surface area (Å²) in [7, 11) is 0. The number of rotatable bonds is 28. The fraction of sp³-hybridized carbons (Fsp3) is 1.00. The lowest BCUT2D eigenvalue weighted by Crippen LogP contribution is -1.96. The Morgan fingerprint density at radius 3 is 0.879 bits per heavy atom. The lowest BCUT2D eigenvalue weighted by Gasteiger charge is -2.13. The minimum absolute atomic E-state index is 0.406. The Balaban J connectivity index is 3.29. The Morgan fingerprint density at radius 1 is 0.424 bits per heavy atom. The van der Waals surface area contributed by atoms with Gasteiger partial charge < -0.3 is 9.05 Å². The molecule has 0 fully saturated rings. The molecule has 5 heteroatoms. The van der Waals surface area contributed by atoms with Crippen LogP contribution in [-0.2, 0) is 20.9 Å². The van der Waals surface area contributed by atoms with Gasteiger partial charge in [0.2, 0.25) is 0 Å². The maximum atomic E-state index is 14.2. The molecule has 0 N–H and O–H groups in total. The molecule has 0 aliphatic carbocycles. The van der Waals surface area contributed by atoms with E-state index in [1.807, 2.05) is 0 Å². The molecule has 0 aromatic rings. The summed E-state index contributed by atoms with van der Waals surface area (Å²) in [6, 6.07) is 0. The monoisotopic (exact) mass is 508 g/mol. The van der Waals surface area contributed by atoms with Crippen LogP contribution in [-0.4, -0.2) is 13.2 Å². The van der Waals surface area contributed by atoms with Gasteiger partial charge in [0, 0.05) is 0 Å². The van der Waals surface area contributed by atoms with Gasteiger partial charge in [-0.05, 0) is 24.6 Å². The van der Waals surface area contributed by atoms with E-state index < -0.39 is 6.80 Å². The molecule has 200 valence electrons. The number of hydrogen-bond donors (Lipinski definition) is 0. The van der Waals surface area contributed by atoms with Crippen molar-refractivity contribution in [1.82, 2.24) is 0 Å². The maximum Gasteiger partial charge on any atom is 0.365 e. The number of halogens is 1. The van der Waals surface area contributed by atoms with Crippen LogP contribution in [0.2, 0.25) is 0 Å². The van der Waals surface area contributed by atoms with Crippen molar-refractivity contribution in [2.75, 3.05) is 13.2 Å². The molecule has 0 spiro atoms. The van der Waals surface area contributed by atoms with Crippen molar-refractivity contribution in [2.24, 2.45) is 0 Å². The molecule has 0 radical (unpaired) electrons. The third-order valence-corrected chi connectivity index (χ3v) is 8.10. The molecule has 0 aromatic carbocycles. The second-order valence-corrected chi connectivity index (χ2v) is 12.6. The highest BCUT2D eigenvalue weighted by atomic mass is 32.5. The summed E-state index contributed by atoms with van der Waals surface area (Å²) >= 11 is 4.92. The quantitative estimate of drug-likeness (QED) is 0.0773. The van der Waals surface area contributed by atoms with Crippen molar-refractivity contribution < 1.29 is 13.2 Å². The van der Waals surface area contributed by atoms with E-state index >= 15 is 0 Å². The topological polar surface area (TPSA) is 18.5 Å². The number of unbranched alkanes of at least 4 members (excludes halogenated alkanes) is 22. The van der Waals surface area contributed by atoms with E-state index in [4.69, 9.17) is 20.9 Å². The molecule has 0 aromatic heterocycles. The van der Waals surface area contributed by atoms with E-state index in [1.54, 1.807) is 0 Å². The summed E-state index contributed by atoms with van der Waals surface area (Å²) in [5.41, 5.74) is 0. The van der Waals surface area contributed by atoms with Gasteiger partial charge in [-0.15, -0.1) is 0 Å². The molecular weight excluding hydrogens is 450 g/mol. The second-order valence-electron chi connectivity index (χ2n) is 9.88. The van der Waals surface area contributed by atoms with E-state index in [2.05, 4.69) is 13.8 Å². The lowest BCUT2D eigenvalue weighted by molar-refractivity contribution is 0.213. The lowest BCUT2D eigenvalue weighted by atomic mass is 10.1. The Labute approximate surface area is 212 Å². The smallest absolute Gasteiger partial charge is 0.306 e. The van der Waals surface area contributed by atoms with Crippen LogP contribution in [0.25, 0.3) is 0 Å².